The van der Waals surface area contributed by atoms with E-state index in [2.05, 4.69) is 225 Å². The maximum atomic E-state index is 7.38. The second-order valence-corrected chi connectivity index (χ2v) is 26.2. The van der Waals surface area contributed by atoms with Crippen molar-refractivity contribution < 1.29 is 14.1 Å². The highest BCUT2D eigenvalue weighted by molar-refractivity contribution is 7.24. The highest BCUT2D eigenvalue weighted by atomic mass is 28.3. The summed E-state index contributed by atoms with van der Waals surface area (Å²) >= 11 is 0. The van der Waals surface area contributed by atoms with Crippen molar-refractivity contribution in [2.75, 3.05) is 4.90 Å². The van der Waals surface area contributed by atoms with Crippen molar-refractivity contribution in [1.29, 1.82) is 0 Å². The fourth-order valence-electron chi connectivity index (χ4n) is 14.6. The van der Waals surface area contributed by atoms with Crippen LogP contribution in [0.2, 0.25) is 0 Å². The van der Waals surface area contributed by atoms with Crippen LogP contribution in [0, 0.1) is 0 Å². The van der Waals surface area contributed by atoms with Crippen LogP contribution < -0.4 is 65.2 Å². The smallest absolute Gasteiger partial charge is 0.350 e. The molecule has 7 aliphatic rings. The monoisotopic (exact) mass is 872 g/mol. The molecule has 3 spiro atoms. The first-order valence-electron chi connectivity index (χ1n) is 23.0. The van der Waals surface area contributed by atoms with Crippen LogP contribution in [0.4, 0.5) is 28.6 Å². The number of benzene rings is 8. The van der Waals surface area contributed by atoms with E-state index in [1.807, 2.05) is 0 Å². The summed E-state index contributed by atoms with van der Waals surface area (Å²) in [5.41, 5.74) is 14.1. The van der Waals surface area contributed by atoms with E-state index in [1.54, 1.807) is 0 Å². The number of quaternary nitrogens is 1. The first-order valence-corrected chi connectivity index (χ1v) is 27.0. The van der Waals surface area contributed by atoms with Crippen LogP contribution in [0.5, 0.6) is 11.6 Å². The lowest BCUT2D eigenvalue weighted by atomic mass is 10.1. The zero-order chi connectivity index (χ0) is 42.4. The van der Waals surface area contributed by atoms with E-state index in [9.17, 15) is 0 Å². The summed E-state index contributed by atoms with van der Waals surface area (Å²) in [4.78, 5) is 2.58. The van der Waals surface area contributed by atoms with Gasteiger partial charge in [-0.3, -0.25) is 0 Å². The molecule has 6 nitrogen and oxygen atoms in total. The zero-order valence-electron chi connectivity index (χ0n) is 35.3. The lowest BCUT2D eigenvalue weighted by molar-refractivity contribution is -1.03. The highest BCUT2D eigenvalue weighted by Crippen LogP contribution is 2.58. The third-order valence-electron chi connectivity index (χ3n) is 16.6. The van der Waals surface area contributed by atoms with E-state index in [1.165, 1.54) is 108 Å². The van der Waals surface area contributed by atoms with Gasteiger partial charge in [0.1, 0.15) is 11.2 Å². The van der Waals surface area contributed by atoms with Crippen LogP contribution in [0.1, 0.15) is 0 Å². The van der Waals surface area contributed by atoms with Crippen molar-refractivity contribution in [2.45, 2.75) is 0 Å². The Morgan fingerprint density at radius 2 is 1.00 bits per heavy atom. The van der Waals surface area contributed by atoms with Gasteiger partial charge in [-0.15, -0.1) is 0 Å². The number of hydrogen-bond donors (Lipinski definition) is 0. The van der Waals surface area contributed by atoms with E-state index in [0.29, 0.717) is 0 Å². The molecule has 0 saturated heterocycles. The molecule has 66 heavy (non-hydrogen) atoms. The summed E-state index contributed by atoms with van der Waals surface area (Å²) in [6.45, 7) is 0. The largest absolute Gasteiger partial charge is 0.412 e. The summed E-state index contributed by atoms with van der Waals surface area (Å²) in [5.74, 6) is 2.76. The van der Waals surface area contributed by atoms with Gasteiger partial charge in [-0.2, -0.15) is 9.47 Å². The topological polar surface area (TPSA) is 25.2 Å². The number of ether oxygens (including phenoxy) is 1. The summed E-state index contributed by atoms with van der Waals surface area (Å²) in [6, 6.07) is 77.0. The predicted molar refractivity (Wildman–Crippen MR) is 267 cm³/mol. The Bertz CT molecular complexity index is 4120. The molecule has 7 aliphatic heterocycles. The van der Waals surface area contributed by atoms with Crippen molar-refractivity contribution in [1.82, 2.24) is 9.27 Å². The Morgan fingerprint density at radius 3 is 1.71 bits per heavy atom. The minimum atomic E-state index is -2.94. The van der Waals surface area contributed by atoms with Crippen LogP contribution in [-0.4, -0.2) is 20.7 Å². The normalized spacial score (nSPS) is 18.1. The van der Waals surface area contributed by atoms with Crippen molar-refractivity contribution in [2.24, 2.45) is 0 Å². The molecule has 0 bridgehead atoms. The average Bonchev–Trinajstić information content (AvgIpc) is 3.99. The molecule has 0 saturated carbocycles. The molecule has 8 aromatic carbocycles. The Kier molecular flexibility index (Phi) is 5.40. The van der Waals surface area contributed by atoms with Crippen LogP contribution in [-0.2, 0) is 0 Å². The average molecular weight is 873 g/mol. The second-order valence-electron chi connectivity index (χ2n) is 18.9. The number of rotatable bonds is 0. The van der Waals surface area contributed by atoms with Gasteiger partial charge in [0.05, 0.1) is 10.1 Å². The highest BCUT2D eigenvalue weighted by Gasteiger charge is 2.72. The van der Waals surface area contributed by atoms with Gasteiger partial charge in [0.25, 0.3) is 5.69 Å². The summed E-state index contributed by atoms with van der Waals surface area (Å²) in [7, 11) is -5.86. The Balaban J connectivity index is 1.08. The molecule has 1 atom stereocenters. The predicted octanol–water partition coefficient (Wildman–Crippen LogP) is 6.47. The fourth-order valence-corrected chi connectivity index (χ4v) is 25.7. The van der Waals surface area contributed by atoms with Crippen molar-refractivity contribution >= 4 is 108 Å². The summed E-state index contributed by atoms with van der Waals surface area (Å²) < 4.78 is 15.4. The van der Waals surface area contributed by atoms with Gasteiger partial charge >= 0.3 is 23.0 Å². The Labute approximate surface area is 380 Å². The van der Waals surface area contributed by atoms with Crippen molar-refractivity contribution in [3.63, 3.8) is 0 Å². The third-order valence-corrected chi connectivity index (χ3v) is 26.4. The molecule has 0 radical (unpaired) electrons. The second kappa shape index (κ2) is 10.7. The van der Waals surface area contributed by atoms with Gasteiger partial charge in [-0.1, -0.05) is 146 Å². The van der Waals surface area contributed by atoms with E-state index < -0.39 is 16.1 Å². The van der Waals surface area contributed by atoms with Gasteiger partial charge in [-0.25, -0.2) is 0 Å². The van der Waals surface area contributed by atoms with Crippen LogP contribution >= 0.6 is 0 Å². The summed E-state index contributed by atoms with van der Waals surface area (Å²) in [6.07, 6.45) is 2.34. The molecular weight excluding hydrogens is 839 g/mol. The molecule has 3 aromatic heterocycles. The van der Waals surface area contributed by atoms with Crippen LogP contribution in [0.3, 0.4) is 0 Å². The number of hydrogen-bond acceptors (Lipinski definition) is 2. The number of anilines is 3. The van der Waals surface area contributed by atoms with Crippen LogP contribution in [0.25, 0.3) is 49.9 Å². The first kappa shape index (κ1) is 33.4. The minimum absolute atomic E-state index is 0.288. The Morgan fingerprint density at radius 1 is 0.439 bits per heavy atom. The van der Waals surface area contributed by atoms with Crippen molar-refractivity contribution in [3.8, 4) is 39.6 Å². The molecule has 0 amide bonds. The molecule has 11 aromatic rings. The maximum absolute atomic E-state index is 7.38. The lowest BCUT2D eigenvalue weighted by Crippen LogP contribution is -2.89. The fraction of sp³-hybridized carbons (Fsp3) is 0. The number of para-hydroxylation sites is 3. The molecule has 10 heterocycles. The van der Waals surface area contributed by atoms with E-state index >= 15 is 0 Å². The maximum Gasteiger partial charge on any atom is 0.350 e. The van der Waals surface area contributed by atoms with Crippen molar-refractivity contribution in [3.05, 3.63) is 206 Å². The standard InChI is InChI=1S/C58H34N5OSi2/c1-6-23-44-35(15-1)36-16-2-7-24-45(36)65(44)48-27-10-5-21-41(48)60-52-30-13-31-53-62(52)63(42-22-12-29-50(65)55(42)60)57-43(64-53)32-33-51-56(57)61-54-39(40-20-14-34-59(63)58(40)61)19-11-28-49(54)66(51)46-25-8-3-17-37(46)38-18-4-9-26-47(38)66/h1-34H/q+3. The molecule has 302 valence electrons. The van der Waals surface area contributed by atoms with Crippen LogP contribution in [0.15, 0.2) is 206 Å². The molecule has 8 heteroatoms. The van der Waals surface area contributed by atoms with Gasteiger partial charge in [0.15, 0.2) is 22.3 Å². The first-order chi connectivity index (χ1) is 32.8. The quantitative estimate of drug-likeness (QED) is 0.0994. The van der Waals surface area contributed by atoms with Gasteiger partial charge in [0, 0.05) is 49.0 Å². The Hall–Kier alpha value is -8.15. The van der Waals surface area contributed by atoms with Gasteiger partial charge in [-0.05, 0) is 84.1 Å². The van der Waals surface area contributed by atoms with E-state index in [0.717, 1.165) is 23.1 Å². The molecule has 0 N–H and O–H groups in total. The SMILES string of the molecule is c1ccc2c(c1)-c1ccccc1[Si]21c2ccccc2N2c3c(cccc31)[N+]13c4c(ccc5c4-n4c6c(cccc6c6ccc[n+]1c64)[Si]51c4ccccc4-c4ccccc41)Oc1cccc2[n+]13. The van der Waals surface area contributed by atoms with E-state index in [4.69, 9.17) is 4.74 Å². The number of fused-ring (bicyclic) bond motifs is 18. The number of pyridine rings is 2. The molecule has 0 fully saturated rings. The lowest BCUT2D eigenvalue weighted by Gasteiger charge is -2.46. The van der Waals surface area contributed by atoms with Gasteiger partial charge in [0.2, 0.25) is 17.1 Å². The molecule has 18 rings (SSSR count). The third kappa shape index (κ3) is 3.13. The van der Waals surface area contributed by atoms with Gasteiger partial charge < -0.3 is 4.74 Å². The summed E-state index contributed by atoms with van der Waals surface area (Å²) in [5, 5.41) is 14.1. The van der Waals surface area contributed by atoms with E-state index in [-0.39, 0.29) is 4.70 Å². The number of nitrogens with zero attached hydrogens (tertiary/aromatic N) is 5. The minimum Gasteiger partial charge on any atom is -0.412 e. The molecule has 0 aliphatic carbocycles. The number of aromatic nitrogens is 3. The molecular formula is C58H34N5OSi2+3. The molecule has 1 unspecified atom stereocenters. The zero-order valence-corrected chi connectivity index (χ0v) is 37.3.